The highest BCUT2D eigenvalue weighted by Gasteiger charge is 2.30. The van der Waals surface area contributed by atoms with Crippen molar-refractivity contribution in [3.05, 3.63) is 28.8 Å². The van der Waals surface area contributed by atoms with Gasteiger partial charge < -0.3 is 10.2 Å². The number of hydrogen-bond donors (Lipinski definition) is 2. The van der Waals surface area contributed by atoms with Gasteiger partial charge in [-0.3, -0.25) is 14.5 Å². The van der Waals surface area contributed by atoms with Gasteiger partial charge in [0.15, 0.2) is 0 Å². The lowest BCUT2D eigenvalue weighted by Crippen LogP contribution is -2.37. The number of nitrogens with zero attached hydrogens (tertiary/aromatic N) is 1. The predicted octanol–water partition coefficient (Wildman–Crippen LogP) is 1.06. The van der Waals surface area contributed by atoms with Crippen LogP contribution in [0.15, 0.2) is 12.1 Å². The molecule has 0 radical (unpaired) electrons. The van der Waals surface area contributed by atoms with E-state index in [4.69, 9.17) is 0 Å². The van der Waals surface area contributed by atoms with Gasteiger partial charge in [0.05, 0.1) is 12.6 Å². The van der Waals surface area contributed by atoms with Crippen LogP contribution in [0.3, 0.4) is 0 Å². The minimum atomic E-state index is -0.788. The molecule has 1 saturated heterocycles. The SMILES string of the molecule is Cc1cc(CC(O)CN2C(=O)CCC2=O)c(C)cc1O. The third kappa shape index (κ3) is 2.99. The van der Waals surface area contributed by atoms with Crippen LogP contribution >= 0.6 is 0 Å². The summed E-state index contributed by atoms with van der Waals surface area (Å²) in [5, 5.41) is 19.7. The molecule has 0 bridgehead atoms. The minimum absolute atomic E-state index is 0.0387. The number of amides is 2. The molecule has 1 fully saturated rings. The molecule has 1 heterocycles. The fraction of sp³-hybridized carbons (Fsp3) is 0.467. The van der Waals surface area contributed by atoms with Gasteiger partial charge in [-0.25, -0.2) is 0 Å². The number of imide groups is 1. The van der Waals surface area contributed by atoms with Gasteiger partial charge in [0.1, 0.15) is 5.75 Å². The Balaban J connectivity index is 2.05. The number of rotatable bonds is 4. The molecule has 0 aromatic heterocycles. The van der Waals surface area contributed by atoms with E-state index < -0.39 is 6.10 Å². The van der Waals surface area contributed by atoms with Crippen molar-refractivity contribution in [2.75, 3.05) is 6.54 Å². The van der Waals surface area contributed by atoms with Crippen molar-refractivity contribution in [1.29, 1.82) is 0 Å². The van der Waals surface area contributed by atoms with Crippen LogP contribution in [0, 0.1) is 13.8 Å². The van der Waals surface area contributed by atoms with E-state index in [0.717, 1.165) is 21.6 Å². The van der Waals surface area contributed by atoms with Gasteiger partial charge in [0, 0.05) is 19.3 Å². The van der Waals surface area contributed by atoms with Crippen molar-refractivity contribution in [2.45, 2.75) is 39.2 Å². The van der Waals surface area contributed by atoms with Gasteiger partial charge in [-0.2, -0.15) is 0 Å². The van der Waals surface area contributed by atoms with Crippen LogP contribution in [-0.2, 0) is 16.0 Å². The molecule has 5 nitrogen and oxygen atoms in total. The van der Waals surface area contributed by atoms with Crippen LogP contribution in [0.25, 0.3) is 0 Å². The quantitative estimate of drug-likeness (QED) is 0.807. The van der Waals surface area contributed by atoms with E-state index in [1.807, 2.05) is 13.0 Å². The molecule has 1 aromatic rings. The summed E-state index contributed by atoms with van der Waals surface area (Å²) in [6, 6.07) is 3.48. The summed E-state index contributed by atoms with van der Waals surface area (Å²) in [7, 11) is 0. The maximum absolute atomic E-state index is 11.5. The Bertz CT molecular complexity index is 537. The third-order valence-electron chi connectivity index (χ3n) is 3.66. The van der Waals surface area contributed by atoms with Crippen molar-refractivity contribution in [2.24, 2.45) is 0 Å². The normalized spacial score (nSPS) is 16.9. The van der Waals surface area contributed by atoms with E-state index in [2.05, 4.69) is 0 Å². The van der Waals surface area contributed by atoms with Crippen LogP contribution in [0.4, 0.5) is 0 Å². The maximum atomic E-state index is 11.5. The van der Waals surface area contributed by atoms with Crippen molar-refractivity contribution in [3.63, 3.8) is 0 Å². The largest absolute Gasteiger partial charge is 0.508 e. The van der Waals surface area contributed by atoms with Crippen molar-refractivity contribution >= 4 is 11.8 Å². The molecule has 1 atom stereocenters. The Labute approximate surface area is 117 Å². The van der Waals surface area contributed by atoms with Crippen LogP contribution in [0.1, 0.15) is 29.5 Å². The fourth-order valence-electron chi connectivity index (χ4n) is 2.44. The molecule has 0 spiro atoms. The fourth-order valence-corrected chi connectivity index (χ4v) is 2.44. The van der Waals surface area contributed by atoms with Gasteiger partial charge in [-0.15, -0.1) is 0 Å². The van der Waals surface area contributed by atoms with Gasteiger partial charge in [-0.1, -0.05) is 6.07 Å². The Morgan fingerprint density at radius 1 is 1.15 bits per heavy atom. The smallest absolute Gasteiger partial charge is 0.229 e. The zero-order chi connectivity index (χ0) is 14.9. The number of aromatic hydroxyl groups is 1. The monoisotopic (exact) mass is 277 g/mol. The van der Waals surface area contributed by atoms with E-state index in [9.17, 15) is 19.8 Å². The summed E-state index contributed by atoms with van der Waals surface area (Å²) in [6.07, 6.45) is 0.0409. The maximum Gasteiger partial charge on any atom is 0.229 e. The second kappa shape index (κ2) is 5.63. The van der Waals surface area contributed by atoms with E-state index >= 15 is 0 Å². The number of likely N-dealkylation sites (tertiary alicyclic amines) is 1. The molecule has 108 valence electrons. The Kier molecular flexibility index (Phi) is 4.09. The summed E-state index contributed by atoms with van der Waals surface area (Å²) in [4.78, 5) is 24.1. The predicted molar refractivity (Wildman–Crippen MR) is 73.2 cm³/mol. The number of phenolic OH excluding ortho intramolecular Hbond substituents is 1. The number of aliphatic hydroxyl groups is 1. The number of phenols is 1. The summed E-state index contributed by atoms with van der Waals surface area (Å²) < 4.78 is 0. The number of carbonyl (C=O) groups excluding carboxylic acids is 2. The Morgan fingerprint density at radius 3 is 2.35 bits per heavy atom. The minimum Gasteiger partial charge on any atom is -0.508 e. The molecular formula is C15H19NO4. The van der Waals surface area contributed by atoms with Crippen molar-refractivity contribution < 1.29 is 19.8 Å². The summed E-state index contributed by atoms with van der Waals surface area (Å²) in [5.74, 6) is -0.203. The average Bonchev–Trinajstić information content (AvgIpc) is 2.68. The Hall–Kier alpha value is -1.88. The second-order valence-corrected chi connectivity index (χ2v) is 5.32. The number of benzene rings is 1. The molecule has 2 amide bonds. The van der Waals surface area contributed by atoms with Crippen LogP contribution < -0.4 is 0 Å². The highest BCUT2D eigenvalue weighted by molar-refractivity contribution is 6.01. The number of β-amino-alcohol motifs (C(OH)–C–C–N with tert-alkyl or cyclic N) is 1. The van der Waals surface area contributed by atoms with Gasteiger partial charge in [0.25, 0.3) is 0 Å². The Morgan fingerprint density at radius 2 is 1.75 bits per heavy atom. The van der Waals surface area contributed by atoms with E-state index in [1.54, 1.807) is 13.0 Å². The second-order valence-electron chi connectivity index (χ2n) is 5.32. The number of aryl methyl sites for hydroxylation is 2. The molecular weight excluding hydrogens is 258 g/mol. The van der Waals surface area contributed by atoms with Crippen LogP contribution in [0.2, 0.25) is 0 Å². The lowest BCUT2D eigenvalue weighted by molar-refractivity contribution is -0.139. The van der Waals surface area contributed by atoms with Gasteiger partial charge >= 0.3 is 0 Å². The molecule has 1 aromatic carbocycles. The van der Waals surface area contributed by atoms with Crippen LogP contribution in [-0.4, -0.2) is 39.6 Å². The number of carbonyl (C=O) groups is 2. The standard InChI is InChI=1S/C15H19NO4/c1-9-6-13(18)10(2)5-11(9)7-12(17)8-16-14(19)3-4-15(16)20/h5-6,12,17-18H,3-4,7-8H2,1-2H3. The molecule has 0 saturated carbocycles. The van der Waals surface area contributed by atoms with E-state index in [1.165, 1.54) is 0 Å². The van der Waals surface area contributed by atoms with Gasteiger partial charge in [0.2, 0.25) is 11.8 Å². The van der Waals surface area contributed by atoms with Gasteiger partial charge in [-0.05, 0) is 36.6 Å². The van der Waals surface area contributed by atoms with Crippen molar-refractivity contribution in [3.8, 4) is 5.75 Å². The zero-order valence-electron chi connectivity index (χ0n) is 11.7. The zero-order valence-corrected chi connectivity index (χ0v) is 11.7. The summed E-state index contributed by atoms with van der Waals surface area (Å²) in [6.45, 7) is 3.68. The highest BCUT2D eigenvalue weighted by Crippen LogP contribution is 2.22. The molecule has 20 heavy (non-hydrogen) atoms. The third-order valence-corrected chi connectivity index (χ3v) is 3.66. The summed E-state index contributed by atoms with van der Waals surface area (Å²) >= 11 is 0. The lowest BCUT2D eigenvalue weighted by Gasteiger charge is -2.19. The first-order valence-electron chi connectivity index (χ1n) is 6.69. The average molecular weight is 277 g/mol. The topological polar surface area (TPSA) is 77.8 Å². The summed E-state index contributed by atoms with van der Waals surface area (Å²) in [5.41, 5.74) is 2.53. The first-order chi connectivity index (χ1) is 9.38. The molecule has 2 rings (SSSR count). The first-order valence-corrected chi connectivity index (χ1v) is 6.69. The lowest BCUT2D eigenvalue weighted by atomic mass is 9.99. The first kappa shape index (κ1) is 14.5. The molecule has 1 aliphatic heterocycles. The number of aliphatic hydroxyl groups excluding tert-OH is 1. The highest BCUT2D eigenvalue weighted by atomic mass is 16.3. The molecule has 2 N–H and O–H groups in total. The molecule has 1 unspecified atom stereocenters. The van der Waals surface area contributed by atoms with Crippen molar-refractivity contribution in [1.82, 2.24) is 4.90 Å². The number of hydrogen-bond acceptors (Lipinski definition) is 4. The molecule has 1 aliphatic rings. The van der Waals surface area contributed by atoms with Crippen LogP contribution in [0.5, 0.6) is 5.75 Å². The van der Waals surface area contributed by atoms with E-state index in [-0.39, 0.29) is 37.0 Å². The van der Waals surface area contributed by atoms with E-state index in [0.29, 0.717) is 6.42 Å². The molecule has 5 heteroatoms. The molecule has 0 aliphatic carbocycles.